The van der Waals surface area contributed by atoms with Crippen LogP contribution in [-0.4, -0.2) is 16.3 Å². The first-order valence-electron chi connectivity index (χ1n) is 6.57. The van der Waals surface area contributed by atoms with Gasteiger partial charge in [-0.2, -0.15) is 11.8 Å². The topological polar surface area (TPSA) is 37.3 Å². The Kier molecular flexibility index (Phi) is 4.70. The summed E-state index contributed by atoms with van der Waals surface area (Å²) >= 11 is 1.81. The number of rotatable bonds is 4. The molecule has 0 aliphatic heterocycles. The van der Waals surface area contributed by atoms with Crippen LogP contribution in [0.25, 0.3) is 0 Å². The average molecular weight is 264 g/mol. The lowest BCUT2D eigenvalue weighted by Crippen LogP contribution is -2.29. The molecule has 0 saturated heterocycles. The van der Waals surface area contributed by atoms with Gasteiger partial charge in [-0.15, -0.1) is 0 Å². The van der Waals surface area contributed by atoms with Gasteiger partial charge in [0.1, 0.15) is 0 Å². The zero-order chi connectivity index (χ0) is 13.0. The summed E-state index contributed by atoms with van der Waals surface area (Å²) in [5.74, 6) is 0.167. The Balaban J connectivity index is 1.93. The first-order valence-corrected chi connectivity index (χ1v) is 7.61. The van der Waals surface area contributed by atoms with Gasteiger partial charge in [0.25, 0.3) is 0 Å². The molecule has 2 unspecified atom stereocenters. The van der Waals surface area contributed by atoms with E-state index in [1.54, 1.807) is 0 Å². The van der Waals surface area contributed by atoms with Gasteiger partial charge in [0.2, 0.25) is 0 Å². The summed E-state index contributed by atoms with van der Waals surface area (Å²) in [6.07, 6.45) is 4.14. The summed E-state index contributed by atoms with van der Waals surface area (Å²) < 4.78 is 0. The second-order valence-electron chi connectivity index (χ2n) is 5.07. The van der Waals surface area contributed by atoms with Crippen LogP contribution in [0.1, 0.15) is 36.8 Å². The molecule has 1 aromatic rings. The van der Waals surface area contributed by atoms with Crippen molar-refractivity contribution in [2.24, 2.45) is 5.92 Å². The van der Waals surface area contributed by atoms with E-state index in [1.807, 2.05) is 11.8 Å². The van der Waals surface area contributed by atoms with E-state index in [1.165, 1.54) is 17.5 Å². The third-order valence-electron chi connectivity index (χ3n) is 3.57. The first kappa shape index (κ1) is 13.5. The predicted octanol–water partition coefficient (Wildman–Crippen LogP) is 3.87. The molecule has 0 amide bonds. The number of carboxylic acids is 1. The van der Waals surface area contributed by atoms with E-state index in [-0.39, 0.29) is 11.2 Å². The normalized spacial score (nSPS) is 23.8. The lowest BCUT2D eigenvalue weighted by atomic mass is 9.89. The molecule has 1 fully saturated rings. The smallest absolute Gasteiger partial charge is 0.307 e. The van der Waals surface area contributed by atoms with Gasteiger partial charge in [-0.05, 0) is 25.3 Å². The van der Waals surface area contributed by atoms with Gasteiger partial charge >= 0.3 is 5.97 Å². The number of carbonyl (C=O) groups is 1. The summed E-state index contributed by atoms with van der Waals surface area (Å²) in [6, 6.07) is 8.47. The van der Waals surface area contributed by atoms with E-state index in [4.69, 9.17) is 0 Å². The first-order chi connectivity index (χ1) is 8.66. The molecule has 1 N–H and O–H groups in total. The summed E-state index contributed by atoms with van der Waals surface area (Å²) in [7, 11) is 0. The molecule has 3 heteroatoms. The second kappa shape index (κ2) is 6.28. The third-order valence-corrected chi connectivity index (χ3v) is 5.06. The maximum Gasteiger partial charge on any atom is 0.307 e. The van der Waals surface area contributed by atoms with Crippen molar-refractivity contribution in [3.63, 3.8) is 0 Å². The van der Waals surface area contributed by atoms with Crippen LogP contribution < -0.4 is 0 Å². The molecule has 98 valence electrons. The number of carboxylic acid groups (broad SMARTS) is 1. The number of aliphatic carboxylic acids is 1. The van der Waals surface area contributed by atoms with Gasteiger partial charge in [0.05, 0.1) is 5.92 Å². The Labute approximate surface area is 113 Å². The van der Waals surface area contributed by atoms with Crippen LogP contribution in [0, 0.1) is 12.8 Å². The molecule has 2 nitrogen and oxygen atoms in total. The van der Waals surface area contributed by atoms with E-state index < -0.39 is 5.97 Å². The van der Waals surface area contributed by atoms with Crippen molar-refractivity contribution in [2.45, 2.75) is 43.6 Å². The molecule has 2 atom stereocenters. The second-order valence-corrected chi connectivity index (χ2v) is 6.30. The Bertz CT molecular complexity index is 417. The highest BCUT2D eigenvalue weighted by atomic mass is 32.2. The predicted molar refractivity (Wildman–Crippen MR) is 75.9 cm³/mol. The largest absolute Gasteiger partial charge is 0.481 e. The Morgan fingerprint density at radius 2 is 2.17 bits per heavy atom. The van der Waals surface area contributed by atoms with Crippen molar-refractivity contribution in [2.75, 3.05) is 0 Å². The van der Waals surface area contributed by atoms with Crippen LogP contribution in [-0.2, 0) is 10.5 Å². The number of aryl methyl sites for hydroxylation is 1. The molecule has 0 aromatic heterocycles. The fourth-order valence-corrected chi connectivity index (χ4v) is 3.99. The Hall–Kier alpha value is -0.960. The van der Waals surface area contributed by atoms with Gasteiger partial charge in [-0.3, -0.25) is 4.79 Å². The maximum atomic E-state index is 11.2. The summed E-state index contributed by atoms with van der Waals surface area (Å²) in [6.45, 7) is 2.09. The quantitative estimate of drug-likeness (QED) is 0.897. The zero-order valence-electron chi connectivity index (χ0n) is 10.8. The van der Waals surface area contributed by atoms with Gasteiger partial charge in [0.15, 0.2) is 0 Å². The van der Waals surface area contributed by atoms with Gasteiger partial charge in [-0.1, -0.05) is 42.7 Å². The van der Waals surface area contributed by atoms with Crippen LogP contribution in [0.4, 0.5) is 0 Å². The minimum absolute atomic E-state index is 0.145. The van der Waals surface area contributed by atoms with E-state index in [9.17, 15) is 9.90 Å². The number of thioether (sulfide) groups is 1. The van der Waals surface area contributed by atoms with Crippen molar-refractivity contribution < 1.29 is 9.90 Å². The monoisotopic (exact) mass is 264 g/mol. The van der Waals surface area contributed by atoms with Gasteiger partial charge < -0.3 is 5.11 Å². The standard InChI is InChI=1S/C15H20O2S/c1-11-5-4-6-12(9-11)10-18-14-8-3-2-7-13(14)15(16)17/h4-6,9,13-14H,2-3,7-8,10H2,1H3,(H,16,17). The zero-order valence-corrected chi connectivity index (χ0v) is 11.6. The third kappa shape index (κ3) is 3.52. The summed E-state index contributed by atoms with van der Waals surface area (Å²) in [4.78, 5) is 11.2. The van der Waals surface area contributed by atoms with Crippen molar-refractivity contribution in [1.29, 1.82) is 0 Å². The average Bonchev–Trinajstić information content (AvgIpc) is 2.37. The van der Waals surface area contributed by atoms with E-state index >= 15 is 0 Å². The SMILES string of the molecule is Cc1cccc(CSC2CCCCC2C(=O)O)c1. The summed E-state index contributed by atoms with van der Waals surface area (Å²) in [5, 5.41) is 9.53. The van der Waals surface area contributed by atoms with E-state index in [0.29, 0.717) is 0 Å². The van der Waals surface area contributed by atoms with Crippen molar-refractivity contribution in [3.05, 3.63) is 35.4 Å². The fourth-order valence-electron chi connectivity index (χ4n) is 2.58. The molecule has 0 radical (unpaired) electrons. The molecule has 0 spiro atoms. The molecule has 1 saturated carbocycles. The van der Waals surface area contributed by atoms with Crippen LogP contribution >= 0.6 is 11.8 Å². The van der Waals surface area contributed by atoms with E-state index in [2.05, 4.69) is 31.2 Å². The number of hydrogen-bond acceptors (Lipinski definition) is 2. The number of hydrogen-bond donors (Lipinski definition) is 1. The highest BCUT2D eigenvalue weighted by molar-refractivity contribution is 7.99. The molecular weight excluding hydrogens is 244 g/mol. The van der Waals surface area contributed by atoms with Crippen molar-refractivity contribution in [3.8, 4) is 0 Å². The van der Waals surface area contributed by atoms with E-state index in [0.717, 1.165) is 25.0 Å². The van der Waals surface area contributed by atoms with Crippen LogP contribution in [0.5, 0.6) is 0 Å². The molecule has 2 rings (SSSR count). The highest BCUT2D eigenvalue weighted by Gasteiger charge is 2.30. The minimum atomic E-state index is -0.614. The van der Waals surface area contributed by atoms with Crippen molar-refractivity contribution in [1.82, 2.24) is 0 Å². The fraction of sp³-hybridized carbons (Fsp3) is 0.533. The van der Waals surface area contributed by atoms with Crippen molar-refractivity contribution >= 4 is 17.7 Å². The Morgan fingerprint density at radius 3 is 2.89 bits per heavy atom. The molecular formula is C15H20O2S. The molecule has 18 heavy (non-hydrogen) atoms. The molecule has 1 aliphatic carbocycles. The van der Waals surface area contributed by atoms with Crippen LogP contribution in [0.3, 0.4) is 0 Å². The molecule has 0 heterocycles. The Morgan fingerprint density at radius 1 is 1.39 bits per heavy atom. The highest BCUT2D eigenvalue weighted by Crippen LogP contribution is 2.35. The summed E-state index contributed by atoms with van der Waals surface area (Å²) in [5.41, 5.74) is 2.57. The minimum Gasteiger partial charge on any atom is -0.481 e. The van der Waals surface area contributed by atoms with Crippen LogP contribution in [0.15, 0.2) is 24.3 Å². The van der Waals surface area contributed by atoms with Crippen LogP contribution in [0.2, 0.25) is 0 Å². The molecule has 1 aliphatic rings. The van der Waals surface area contributed by atoms with Gasteiger partial charge in [-0.25, -0.2) is 0 Å². The lowest BCUT2D eigenvalue weighted by Gasteiger charge is -2.28. The molecule has 1 aromatic carbocycles. The molecule has 0 bridgehead atoms. The number of benzene rings is 1. The lowest BCUT2D eigenvalue weighted by molar-refractivity contribution is -0.142. The van der Waals surface area contributed by atoms with Gasteiger partial charge in [0, 0.05) is 11.0 Å². The maximum absolute atomic E-state index is 11.2.